The van der Waals surface area contributed by atoms with Crippen molar-refractivity contribution < 1.29 is 26.3 Å². The fraction of sp³-hybridized carbons (Fsp3) is 0.400. The van der Waals surface area contributed by atoms with Gasteiger partial charge in [-0.25, -0.2) is 18.1 Å². The number of alkyl halides is 3. The topological polar surface area (TPSA) is 85.2 Å². The van der Waals surface area contributed by atoms with Crippen LogP contribution in [-0.2, 0) is 29.9 Å². The lowest BCUT2D eigenvalue weighted by Gasteiger charge is -2.35. The van der Waals surface area contributed by atoms with E-state index in [-0.39, 0.29) is 30.1 Å². The maximum absolute atomic E-state index is 13.0. The van der Waals surface area contributed by atoms with Crippen LogP contribution in [-0.4, -0.2) is 49.9 Å². The second kappa shape index (κ2) is 11.0. The van der Waals surface area contributed by atoms with E-state index in [2.05, 4.69) is 15.0 Å². The molecule has 1 aliphatic rings. The van der Waals surface area contributed by atoms with Gasteiger partial charge in [0.2, 0.25) is 0 Å². The minimum Gasteiger partial charge on any atom is -0.492 e. The van der Waals surface area contributed by atoms with Crippen molar-refractivity contribution in [2.24, 2.45) is 7.05 Å². The molecule has 194 valence electrons. The minimum atomic E-state index is -4.29. The Hall–Kier alpha value is -2.89. The molecule has 0 aliphatic heterocycles. The standard InChI is InChI=1S/C25H29F3N4O3S/c1-32-15-24(30-17-32)36(33,34)31-11-12-35-20-9-7-19-8-10-23(29-16-25(26,27)28)22(21(19)14-20)13-18-5-3-2-4-6-18/h2-7,9,14-15,17,22-23,29,31H,8,10-13,16H2,1H3/t22-,23+/m1/s1. The first-order valence-corrected chi connectivity index (χ1v) is 13.2. The Kier molecular flexibility index (Phi) is 8.01. The molecule has 0 amide bonds. The van der Waals surface area contributed by atoms with E-state index in [1.54, 1.807) is 11.6 Å². The lowest BCUT2D eigenvalue weighted by atomic mass is 9.76. The number of fused-ring (bicyclic) bond motifs is 1. The number of nitrogens with zero attached hydrogens (tertiary/aromatic N) is 2. The average molecular weight is 523 g/mol. The van der Waals surface area contributed by atoms with E-state index >= 15 is 0 Å². The molecule has 7 nitrogen and oxygen atoms in total. The van der Waals surface area contributed by atoms with Gasteiger partial charge in [0.25, 0.3) is 10.0 Å². The summed E-state index contributed by atoms with van der Waals surface area (Å²) in [6, 6.07) is 15.0. The van der Waals surface area contributed by atoms with Crippen LogP contribution in [0.2, 0.25) is 0 Å². The molecule has 11 heteroatoms. The third-order valence-corrected chi connectivity index (χ3v) is 7.56. The molecule has 0 fully saturated rings. The van der Waals surface area contributed by atoms with Gasteiger partial charge < -0.3 is 14.6 Å². The Morgan fingerprint density at radius 1 is 1.17 bits per heavy atom. The Morgan fingerprint density at radius 2 is 1.94 bits per heavy atom. The number of ether oxygens (including phenoxy) is 1. The van der Waals surface area contributed by atoms with Gasteiger partial charge in [-0.3, -0.25) is 0 Å². The highest BCUT2D eigenvalue weighted by Crippen LogP contribution is 2.37. The number of imidazole rings is 1. The van der Waals surface area contributed by atoms with Gasteiger partial charge in [0, 0.05) is 31.7 Å². The molecule has 36 heavy (non-hydrogen) atoms. The predicted molar refractivity (Wildman–Crippen MR) is 129 cm³/mol. The van der Waals surface area contributed by atoms with E-state index in [4.69, 9.17) is 4.74 Å². The summed E-state index contributed by atoms with van der Waals surface area (Å²) < 4.78 is 73.3. The fourth-order valence-corrected chi connectivity index (χ4v) is 5.51. The van der Waals surface area contributed by atoms with Crippen LogP contribution in [0, 0.1) is 0 Å². The summed E-state index contributed by atoms with van der Waals surface area (Å²) in [7, 11) is -2.06. The number of halogens is 3. The van der Waals surface area contributed by atoms with Gasteiger partial charge in [0.05, 0.1) is 12.9 Å². The van der Waals surface area contributed by atoms with Gasteiger partial charge in [-0.05, 0) is 48.1 Å². The van der Waals surface area contributed by atoms with Gasteiger partial charge >= 0.3 is 6.18 Å². The van der Waals surface area contributed by atoms with Crippen molar-refractivity contribution in [3.8, 4) is 5.75 Å². The molecule has 2 N–H and O–H groups in total. The summed E-state index contributed by atoms with van der Waals surface area (Å²) in [4.78, 5) is 3.85. The third kappa shape index (κ3) is 6.86. The second-order valence-electron chi connectivity index (χ2n) is 8.92. The Bertz CT molecular complexity index is 1260. The lowest BCUT2D eigenvalue weighted by molar-refractivity contribution is -0.126. The highest BCUT2D eigenvalue weighted by atomic mass is 32.2. The molecule has 1 aromatic heterocycles. The van der Waals surface area contributed by atoms with E-state index in [0.717, 1.165) is 16.7 Å². The van der Waals surface area contributed by atoms with Gasteiger partial charge in [0.1, 0.15) is 12.4 Å². The maximum Gasteiger partial charge on any atom is 0.401 e. The van der Waals surface area contributed by atoms with E-state index < -0.39 is 22.7 Å². The second-order valence-corrected chi connectivity index (χ2v) is 10.6. The largest absolute Gasteiger partial charge is 0.492 e. The first kappa shape index (κ1) is 26.2. The third-order valence-electron chi connectivity index (χ3n) is 6.21. The van der Waals surface area contributed by atoms with Gasteiger partial charge in [-0.1, -0.05) is 36.4 Å². The SMILES string of the molecule is Cn1cnc(S(=O)(=O)NCCOc2ccc3c(c2)[C@@H](Cc2ccccc2)[C@@H](NCC(F)(F)F)CC3)c1. The molecule has 0 bridgehead atoms. The predicted octanol–water partition coefficient (Wildman–Crippen LogP) is 3.57. The van der Waals surface area contributed by atoms with Crippen LogP contribution in [0.3, 0.4) is 0 Å². The molecule has 4 rings (SSSR count). The van der Waals surface area contributed by atoms with E-state index in [0.29, 0.717) is 25.0 Å². The molecule has 0 saturated carbocycles. The van der Waals surface area contributed by atoms with Crippen LogP contribution in [0.4, 0.5) is 13.2 Å². The van der Waals surface area contributed by atoms with Crippen molar-refractivity contribution >= 4 is 10.0 Å². The quantitative estimate of drug-likeness (QED) is 0.398. The van der Waals surface area contributed by atoms with Crippen LogP contribution in [0.15, 0.2) is 66.1 Å². The molecule has 1 aliphatic carbocycles. The average Bonchev–Trinajstić information content (AvgIpc) is 3.29. The van der Waals surface area contributed by atoms with Crippen molar-refractivity contribution in [1.82, 2.24) is 19.6 Å². The van der Waals surface area contributed by atoms with E-state index in [1.165, 1.54) is 12.5 Å². The molecular weight excluding hydrogens is 493 g/mol. The van der Waals surface area contributed by atoms with Crippen molar-refractivity contribution in [1.29, 1.82) is 0 Å². The molecule has 0 radical (unpaired) electrons. The summed E-state index contributed by atoms with van der Waals surface area (Å²) in [5.74, 6) is 0.380. The zero-order valence-corrected chi connectivity index (χ0v) is 20.6. The molecule has 0 spiro atoms. The number of benzene rings is 2. The van der Waals surface area contributed by atoms with Crippen molar-refractivity contribution in [3.05, 3.63) is 77.7 Å². The van der Waals surface area contributed by atoms with Crippen LogP contribution in [0.1, 0.15) is 29.0 Å². The van der Waals surface area contributed by atoms with Crippen molar-refractivity contribution in [3.63, 3.8) is 0 Å². The van der Waals surface area contributed by atoms with Crippen LogP contribution >= 0.6 is 0 Å². The minimum absolute atomic E-state index is 0.0409. The maximum atomic E-state index is 13.0. The van der Waals surface area contributed by atoms with Crippen LogP contribution < -0.4 is 14.8 Å². The fourth-order valence-electron chi connectivity index (χ4n) is 4.52. The zero-order chi connectivity index (χ0) is 25.8. The summed E-state index contributed by atoms with van der Waals surface area (Å²) in [6.07, 6.45) is 0.391. The molecule has 3 aromatic rings. The Balaban J connectivity index is 1.45. The summed E-state index contributed by atoms with van der Waals surface area (Å²) in [6.45, 7) is -0.909. The Morgan fingerprint density at radius 3 is 2.64 bits per heavy atom. The summed E-state index contributed by atoms with van der Waals surface area (Å²) >= 11 is 0. The number of sulfonamides is 1. The number of aryl methyl sites for hydroxylation is 2. The monoisotopic (exact) mass is 522 g/mol. The lowest BCUT2D eigenvalue weighted by Crippen LogP contribution is -2.43. The van der Waals surface area contributed by atoms with Crippen molar-refractivity contribution in [2.75, 3.05) is 19.7 Å². The smallest absolute Gasteiger partial charge is 0.401 e. The van der Waals surface area contributed by atoms with Crippen LogP contribution in [0.25, 0.3) is 0 Å². The van der Waals surface area contributed by atoms with Gasteiger partial charge in [-0.2, -0.15) is 13.2 Å². The van der Waals surface area contributed by atoms with Gasteiger partial charge in [0.15, 0.2) is 5.03 Å². The molecule has 0 unspecified atom stereocenters. The molecular formula is C25H29F3N4O3S. The molecule has 0 saturated heterocycles. The molecule has 2 atom stereocenters. The van der Waals surface area contributed by atoms with E-state index in [1.807, 2.05) is 48.5 Å². The number of nitrogens with one attached hydrogen (secondary N) is 2. The highest BCUT2D eigenvalue weighted by Gasteiger charge is 2.34. The summed E-state index contributed by atoms with van der Waals surface area (Å²) in [5.41, 5.74) is 3.09. The normalized spacial score (nSPS) is 18.1. The number of hydrogen-bond donors (Lipinski definition) is 2. The molecule has 1 heterocycles. The first-order valence-electron chi connectivity index (χ1n) is 11.7. The van der Waals surface area contributed by atoms with Crippen molar-refractivity contribution in [2.45, 2.75) is 42.4 Å². The number of aromatic nitrogens is 2. The number of hydrogen-bond acceptors (Lipinski definition) is 5. The summed E-state index contributed by atoms with van der Waals surface area (Å²) in [5, 5.41) is 2.66. The zero-order valence-electron chi connectivity index (χ0n) is 19.8. The van der Waals surface area contributed by atoms with Crippen LogP contribution in [0.5, 0.6) is 5.75 Å². The Labute approximate surface area is 208 Å². The van der Waals surface area contributed by atoms with E-state index in [9.17, 15) is 21.6 Å². The molecule has 2 aromatic carbocycles. The first-order chi connectivity index (χ1) is 17.1. The van der Waals surface area contributed by atoms with Gasteiger partial charge in [-0.15, -0.1) is 0 Å². The number of rotatable bonds is 10. The highest BCUT2D eigenvalue weighted by molar-refractivity contribution is 7.89.